The molecule has 1 atom stereocenters. The van der Waals surface area contributed by atoms with Crippen LogP contribution in [0.25, 0.3) is 0 Å². The molecule has 0 radical (unpaired) electrons. The van der Waals surface area contributed by atoms with Crippen LogP contribution in [0.4, 0.5) is 0 Å². The molecule has 0 saturated heterocycles. The molecule has 2 rings (SSSR count). The Hall–Kier alpha value is -1.36. The van der Waals surface area contributed by atoms with E-state index in [-0.39, 0.29) is 11.9 Å². The van der Waals surface area contributed by atoms with Gasteiger partial charge in [-0.1, -0.05) is 13.8 Å². The van der Waals surface area contributed by atoms with Crippen LogP contribution in [0.1, 0.15) is 50.1 Å². The zero-order valence-corrected chi connectivity index (χ0v) is 14.4. The fourth-order valence-electron chi connectivity index (χ4n) is 3.00. The number of carbonyl (C=O) groups excluding carboxylic acids is 1. The van der Waals surface area contributed by atoms with Gasteiger partial charge in [-0.05, 0) is 50.5 Å². The fourth-order valence-corrected chi connectivity index (χ4v) is 3.00. The Labute approximate surface area is 133 Å². The molecule has 22 heavy (non-hydrogen) atoms. The number of amides is 1. The van der Waals surface area contributed by atoms with Crippen molar-refractivity contribution in [2.75, 3.05) is 6.54 Å². The highest BCUT2D eigenvalue weighted by atomic mass is 16.1. The van der Waals surface area contributed by atoms with Gasteiger partial charge in [0.2, 0.25) is 5.91 Å². The molecular formula is C17H30N4O. The zero-order chi connectivity index (χ0) is 16.3. The summed E-state index contributed by atoms with van der Waals surface area (Å²) in [4.78, 5) is 12.1. The van der Waals surface area contributed by atoms with Crippen molar-refractivity contribution >= 4 is 5.91 Å². The van der Waals surface area contributed by atoms with Gasteiger partial charge in [0, 0.05) is 31.2 Å². The van der Waals surface area contributed by atoms with Gasteiger partial charge in [0.25, 0.3) is 0 Å². The molecule has 1 unspecified atom stereocenters. The third-order valence-corrected chi connectivity index (χ3v) is 4.46. The van der Waals surface area contributed by atoms with Crippen molar-refractivity contribution in [3.8, 4) is 0 Å². The number of carbonyl (C=O) groups is 1. The molecule has 1 heterocycles. The summed E-state index contributed by atoms with van der Waals surface area (Å²) in [6.45, 7) is 9.98. The molecular weight excluding hydrogens is 276 g/mol. The molecule has 1 aromatic heterocycles. The average molecular weight is 306 g/mol. The third-order valence-electron chi connectivity index (χ3n) is 4.46. The predicted molar refractivity (Wildman–Crippen MR) is 88.6 cm³/mol. The van der Waals surface area contributed by atoms with Crippen LogP contribution in [-0.2, 0) is 17.8 Å². The number of nitrogens with one attached hydrogen (secondary N) is 1. The van der Waals surface area contributed by atoms with Crippen molar-refractivity contribution in [3.63, 3.8) is 0 Å². The van der Waals surface area contributed by atoms with Crippen LogP contribution in [0.5, 0.6) is 0 Å². The van der Waals surface area contributed by atoms with Gasteiger partial charge in [0.15, 0.2) is 0 Å². The van der Waals surface area contributed by atoms with Gasteiger partial charge in [-0.15, -0.1) is 0 Å². The molecule has 1 aliphatic rings. The maximum Gasteiger partial charge on any atom is 0.220 e. The molecule has 5 nitrogen and oxygen atoms in total. The summed E-state index contributed by atoms with van der Waals surface area (Å²) in [7, 11) is 0. The van der Waals surface area contributed by atoms with Crippen molar-refractivity contribution in [1.29, 1.82) is 0 Å². The molecule has 5 heteroatoms. The first-order valence-electron chi connectivity index (χ1n) is 8.44. The molecule has 3 N–H and O–H groups in total. The maximum atomic E-state index is 12.1. The Morgan fingerprint density at radius 1 is 1.41 bits per heavy atom. The summed E-state index contributed by atoms with van der Waals surface area (Å²) in [5.41, 5.74) is 9.19. The highest BCUT2D eigenvalue weighted by Crippen LogP contribution is 2.32. The van der Waals surface area contributed by atoms with Crippen molar-refractivity contribution in [3.05, 3.63) is 17.0 Å². The number of hydrogen-bond acceptors (Lipinski definition) is 3. The van der Waals surface area contributed by atoms with E-state index in [9.17, 15) is 4.79 Å². The Balaban J connectivity index is 1.90. The Bertz CT molecular complexity index is 517. The Morgan fingerprint density at radius 2 is 2.09 bits per heavy atom. The van der Waals surface area contributed by atoms with E-state index in [1.54, 1.807) is 0 Å². The first-order valence-corrected chi connectivity index (χ1v) is 8.44. The van der Waals surface area contributed by atoms with Crippen LogP contribution in [0.2, 0.25) is 0 Å². The van der Waals surface area contributed by atoms with Gasteiger partial charge in [-0.2, -0.15) is 5.10 Å². The monoisotopic (exact) mass is 306 g/mol. The number of hydrogen-bond donors (Lipinski definition) is 2. The van der Waals surface area contributed by atoms with E-state index >= 15 is 0 Å². The summed E-state index contributed by atoms with van der Waals surface area (Å²) in [6.07, 6.45) is 3.66. The molecule has 1 amide bonds. The maximum absolute atomic E-state index is 12.1. The van der Waals surface area contributed by atoms with Gasteiger partial charge < -0.3 is 11.1 Å². The summed E-state index contributed by atoms with van der Waals surface area (Å²) in [6, 6.07) is 0.165. The zero-order valence-electron chi connectivity index (χ0n) is 14.4. The van der Waals surface area contributed by atoms with Gasteiger partial charge in [0.1, 0.15) is 0 Å². The Morgan fingerprint density at radius 3 is 2.64 bits per heavy atom. The highest BCUT2D eigenvalue weighted by molar-refractivity contribution is 5.76. The van der Waals surface area contributed by atoms with E-state index in [1.807, 2.05) is 6.92 Å². The lowest BCUT2D eigenvalue weighted by molar-refractivity contribution is -0.121. The van der Waals surface area contributed by atoms with Gasteiger partial charge >= 0.3 is 0 Å². The standard InChI is InChI=1S/C17H30N4O/c1-11(2)10-21-13(4)15(12(3)20-21)7-8-17(22)19-16(9-18)14-5-6-14/h11,14,16H,5-10,18H2,1-4H3,(H,19,22). The number of nitrogens with two attached hydrogens (primary N) is 1. The summed E-state index contributed by atoms with van der Waals surface area (Å²) in [5, 5.41) is 7.69. The highest BCUT2D eigenvalue weighted by Gasteiger charge is 2.31. The number of aromatic nitrogens is 2. The number of aryl methyl sites for hydroxylation is 1. The van der Waals surface area contributed by atoms with E-state index in [1.165, 1.54) is 24.1 Å². The van der Waals surface area contributed by atoms with E-state index < -0.39 is 0 Å². The smallest absolute Gasteiger partial charge is 0.220 e. The lowest BCUT2D eigenvalue weighted by atomic mass is 10.1. The van der Waals surface area contributed by atoms with Gasteiger partial charge in [0.05, 0.1) is 5.69 Å². The van der Waals surface area contributed by atoms with Crippen LogP contribution < -0.4 is 11.1 Å². The molecule has 1 saturated carbocycles. The second kappa shape index (κ2) is 7.27. The average Bonchev–Trinajstić information content (AvgIpc) is 3.24. The molecule has 124 valence electrons. The molecule has 1 aromatic rings. The van der Waals surface area contributed by atoms with Crippen molar-refractivity contribution in [2.24, 2.45) is 17.6 Å². The normalized spacial score (nSPS) is 16.1. The number of nitrogens with zero attached hydrogens (tertiary/aromatic N) is 2. The molecule has 1 fully saturated rings. The molecule has 0 spiro atoms. The van der Waals surface area contributed by atoms with Crippen LogP contribution >= 0.6 is 0 Å². The lowest BCUT2D eigenvalue weighted by Gasteiger charge is -2.16. The SMILES string of the molecule is Cc1nn(CC(C)C)c(C)c1CCC(=O)NC(CN)C1CC1. The second-order valence-corrected chi connectivity index (χ2v) is 6.97. The molecule has 0 bridgehead atoms. The minimum absolute atomic E-state index is 0.109. The van der Waals surface area contributed by atoms with E-state index in [0.717, 1.165) is 18.7 Å². The third kappa shape index (κ3) is 4.32. The van der Waals surface area contributed by atoms with Crippen molar-refractivity contribution < 1.29 is 4.79 Å². The summed E-state index contributed by atoms with van der Waals surface area (Å²) < 4.78 is 2.07. The quantitative estimate of drug-likeness (QED) is 0.771. The molecule has 0 aliphatic heterocycles. The largest absolute Gasteiger partial charge is 0.352 e. The minimum atomic E-state index is 0.109. The first-order chi connectivity index (χ1) is 10.4. The van der Waals surface area contributed by atoms with Crippen LogP contribution in [-0.4, -0.2) is 28.3 Å². The summed E-state index contributed by atoms with van der Waals surface area (Å²) in [5.74, 6) is 1.28. The first kappa shape index (κ1) is 17.0. The van der Waals surface area contributed by atoms with E-state index in [4.69, 9.17) is 5.73 Å². The van der Waals surface area contributed by atoms with Crippen molar-refractivity contribution in [1.82, 2.24) is 15.1 Å². The Kier molecular flexibility index (Phi) is 5.62. The van der Waals surface area contributed by atoms with Crippen LogP contribution in [0.3, 0.4) is 0 Å². The fraction of sp³-hybridized carbons (Fsp3) is 0.765. The molecule has 0 aromatic carbocycles. The summed E-state index contributed by atoms with van der Waals surface area (Å²) >= 11 is 0. The van der Waals surface area contributed by atoms with Crippen molar-refractivity contribution in [2.45, 2.75) is 66.0 Å². The second-order valence-electron chi connectivity index (χ2n) is 6.97. The lowest BCUT2D eigenvalue weighted by Crippen LogP contribution is -2.41. The van der Waals surface area contributed by atoms with E-state index in [0.29, 0.717) is 24.8 Å². The van der Waals surface area contributed by atoms with Gasteiger partial charge in [-0.3, -0.25) is 9.48 Å². The van der Waals surface area contributed by atoms with Crippen LogP contribution in [0, 0.1) is 25.7 Å². The molecule has 1 aliphatic carbocycles. The minimum Gasteiger partial charge on any atom is -0.352 e. The number of rotatable bonds is 8. The van der Waals surface area contributed by atoms with Crippen LogP contribution in [0.15, 0.2) is 0 Å². The van der Waals surface area contributed by atoms with Gasteiger partial charge in [-0.25, -0.2) is 0 Å². The predicted octanol–water partition coefficient (Wildman–Crippen LogP) is 1.94. The topological polar surface area (TPSA) is 72.9 Å². The van der Waals surface area contributed by atoms with E-state index in [2.05, 4.69) is 35.9 Å².